The Labute approximate surface area is 128 Å². The summed E-state index contributed by atoms with van der Waals surface area (Å²) in [6, 6.07) is 13.3. The molecular formula is C15H15ClN2OS. The van der Waals surface area contributed by atoms with Gasteiger partial charge in [-0.05, 0) is 24.3 Å². The maximum atomic E-state index is 5.98. The molecule has 104 valence electrons. The van der Waals surface area contributed by atoms with Gasteiger partial charge in [0.15, 0.2) is 0 Å². The Morgan fingerprint density at radius 3 is 2.70 bits per heavy atom. The molecule has 0 fully saturated rings. The number of ether oxygens (including phenoxy) is 1. The van der Waals surface area contributed by atoms with Gasteiger partial charge >= 0.3 is 0 Å². The van der Waals surface area contributed by atoms with E-state index in [0.29, 0.717) is 16.6 Å². The van der Waals surface area contributed by atoms with Gasteiger partial charge in [0.1, 0.15) is 4.99 Å². The van der Waals surface area contributed by atoms with Crippen molar-refractivity contribution >= 4 is 40.2 Å². The summed E-state index contributed by atoms with van der Waals surface area (Å²) in [4.78, 5) is 0.305. The highest BCUT2D eigenvalue weighted by Gasteiger charge is 2.08. The zero-order valence-electron chi connectivity index (χ0n) is 11.0. The van der Waals surface area contributed by atoms with Gasteiger partial charge in [0.05, 0.1) is 6.61 Å². The molecule has 0 unspecified atom stereocenters. The molecule has 2 rings (SSSR count). The Balaban J connectivity index is 2.37. The third kappa shape index (κ3) is 3.48. The van der Waals surface area contributed by atoms with Crippen molar-refractivity contribution in [3.05, 3.63) is 58.6 Å². The van der Waals surface area contributed by atoms with Crippen LogP contribution in [-0.2, 0) is 11.3 Å². The number of para-hydroxylation sites is 1. The number of hydrogen-bond donors (Lipinski definition) is 2. The summed E-state index contributed by atoms with van der Waals surface area (Å²) in [6.45, 7) is 0.527. The smallest absolute Gasteiger partial charge is 0.106 e. The molecule has 0 radical (unpaired) electrons. The average molecular weight is 307 g/mol. The number of hydrogen-bond acceptors (Lipinski definition) is 3. The molecule has 2 aromatic carbocycles. The van der Waals surface area contributed by atoms with Crippen molar-refractivity contribution in [3.63, 3.8) is 0 Å². The second-order valence-electron chi connectivity index (χ2n) is 4.27. The van der Waals surface area contributed by atoms with Crippen molar-refractivity contribution < 1.29 is 4.74 Å². The highest BCUT2D eigenvalue weighted by atomic mass is 35.5. The van der Waals surface area contributed by atoms with Crippen LogP contribution in [0.25, 0.3) is 0 Å². The van der Waals surface area contributed by atoms with Crippen molar-refractivity contribution in [2.75, 3.05) is 12.4 Å². The normalized spacial score (nSPS) is 10.3. The van der Waals surface area contributed by atoms with Crippen LogP contribution >= 0.6 is 23.8 Å². The van der Waals surface area contributed by atoms with Crippen molar-refractivity contribution in [3.8, 4) is 0 Å². The average Bonchev–Trinajstić information content (AvgIpc) is 2.43. The van der Waals surface area contributed by atoms with E-state index in [2.05, 4.69) is 5.32 Å². The molecule has 0 bridgehead atoms. The quantitative estimate of drug-likeness (QED) is 0.823. The number of anilines is 2. The standard InChI is InChI=1S/C15H15ClN2OS/c1-19-9-10-4-2-3-5-13(10)18-14-7-6-11(16)8-12(14)15(17)20/h2-8,18H,9H2,1H3,(H2,17,20). The van der Waals surface area contributed by atoms with Crippen LogP contribution in [0.1, 0.15) is 11.1 Å². The van der Waals surface area contributed by atoms with E-state index in [1.165, 1.54) is 0 Å². The first-order valence-electron chi connectivity index (χ1n) is 6.05. The van der Waals surface area contributed by atoms with Gasteiger partial charge < -0.3 is 15.8 Å². The summed E-state index contributed by atoms with van der Waals surface area (Å²) < 4.78 is 5.19. The highest BCUT2D eigenvalue weighted by Crippen LogP contribution is 2.26. The number of methoxy groups -OCH3 is 1. The van der Waals surface area contributed by atoms with Crippen LogP contribution in [0.2, 0.25) is 5.02 Å². The molecule has 0 spiro atoms. The van der Waals surface area contributed by atoms with Gasteiger partial charge in [-0.15, -0.1) is 0 Å². The third-order valence-corrected chi connectivity index (χ3v) is 3.29. The molecule has 0 heterocycles. The summed E-state index contributed by atoms with van der Waals surface area (Å²) >= 11 is 11.0. The maximum absolute atomic E-state index is 5.98. The third-order valence-electron chi connectivity index (χ3n) is 2.83. The fourth-order valence-corrected chi connectivity index (χ4v) is 2.24. The van der Waals surface area contributed by atoms with Crippen LogP contribution in [0.3, 0.4) is 0 Å². The minimum Gasteiger partial charge on any atom is -0.389 e. The van der Waals surface area contributed by atoms with Gasteiger partial charge in [0.25, 0.3) is 0 Å². The minimum absolute atomic E-state index is 0.305. The molecule has 0 saturated carbocycles. The van der Waals surface area contributed by atoms with Gasteiger partial charge in [0, 0.05) is 34.6 Å². The zero-order chi connectivity index (χ0) is 14.5. The summed E-state index contributed by atoms with van der Waals surface area (Å²) in [5.41, 5.74) is 9.30. The Kier molecular flexibility index (Phi) is 4.95. The molecule has 0 saturated heterocycles. The fourth-order valence-electron chi connectivity index (χ4n) is 1.90. The molecule has 5 heteroatoms. The summed E-state index contributed by atoms with van der Waals surface area (Å²) in [7, 11) is 1.67. The predicted octanol–water partition coefficient (Wildman–Crippen LogP) is 3.86. The molecule has 0 aliphatic heterocycles. The fraction of sp³-hybridized carbons (Fsp3) is 0.133. The first-order valence-corrected chi connectivity index (χ1v) is 6.83. The van der Waals surface area contributed by atoms with Crippen LogP contribution in [0.15, 0.2) is 42.5 Å². The summed E-state index contributed by atoms with van der Waals surface area (Å²) in [5.74, 6) is 0. The second-order valence-corrected chi connectivity index (χ2v) is 5.15. The van der Waals surface area contributed by atoms with Gasteiger partial charge in [-0.1, -0.05) is 42.0 Å². The number of rotatable bonds is 5. The largest absolute Gasteiger partial charge is 0.389 e. The van der Waals surface area contributed by atoms with E-state index < -0.39 is 0 Å². The second kappa shape index (κ2) is 6.70. The van der Waals surface area contributed by atoms with Crippen molar-refractivity contribution in [1.29, 1.82) is 0 Å². The Bertz CT molecular complexity index is 631. The summed E-state index contributed by atoms with van der Waals surface area (Å²) in [6.07, 6.45) is 0. The van der Waals surface area contributed by atoms with Gasteiger partial charge in [0.2, 0.25) is 0 Å². The Morgan fingerprint density at radius 2 is 2.00 bits per heavy atom. The van der Waals surface area contributed by atoms with E-state index in [9.17, 15) is 0 Å². The number of thiocarbonyl (C=S) groups is 1. The van der Waals surface area contributed by atoms with Gasteiger partial charge in [-0.2, -0.15) is 0 Å². The number of benzene rings is 2. The topological polar surface area (TPSA) is 47.3 Å². The van der Waals surface area contributed by atoms with Crippen LogP contribution in [0.5, 0.6) is 0 Å². The van der Waals surface area contributed by atoms with Gasteiger partial charge in [-0.25, -0.2) is 0 Å². The molecule has 0 amide bonds. The van der Waals surface area contributed by atoms with Crippen molar-refractivity contribution in [2.24, 2.45) is 5.73 Å². The van der Waals surface area contributed by atoms with E-state index >= 15 is 0 Å². The van der Waals surface area contributed by atoms with Crippen LogP contribution < -0.4 is 11.1 Å². The predicted molar refractivity (Wildman–Crippen MR) is 87.8 cm³/mol. The number of halogens is 1. The zero-order valence-corrected chi connectivity index (χ0v) is 12.6. The molecule has 0 atom stereocenters. The molecule has 2 aromatic rings. The van der Waals surface area contributed by atoms with E-state index in [0.717, 1.165) is 22.5 Å². The molecule has 3 nitrogen and oxygen atoms in total. The monoisotopic (exact) mass is 306 g/mol. The van der Waals surface area contributed by atoms with E-state index in [4.69, 9.17) is 34.3 Å². The first-order chi connectivity index (χ1) is 9.61. The van der Waals surface area contributed by atoms with Crippen LogP contribution in [-0.4, -0.2) is 12.1 Å². The lowest BCUT2D eigenvalue weighted by molar-refractivity contribution is 0.185. The Morgan fingerprint density at radius 1 is 1.25 bits per heavy atom. The van der Waals surface area contributed by atoms with Crippen LogP contribution in [0, 0.1) is 0 Å². The maximum Gasteiger partial charge on any atom is 0.106 e. The molecule has 0 aliphatic carbocycles. The van der Waals surface area contributed by atoms with E-state index in [-0.39, 0.29) is 0 Å². The molecule has 20 heavy (non-hydrogen) atoms. The lowest BCUT2D eigenvalue weighted by Crippen LogP contribution is -2.12. The summed E-state index contributed by atoms with van der Waals surface area (Å²) in [5, 5.41) is 3.93. The lowest BCUT2D eigenvalue weighted by atomic mass is 10.1. The first kappa shape index (κ1) is 14.8. The SMILES string of the molecule is COCc1ccccc1Nc1ccc(Cl)cc1C(N)=S. The molecule has 3 N–H and O–H groups in total. The van der Waals surface area contributed by atoms with E-state index in [1.807, 2.05) is 30.3 Å². The van der Waals surface area contributed by atoms with Gasteiger partial charge in [-0.3, -0.25) is 0 Å². The Hall–Kier alpha value is -1.62. The molecule has 0 aliphatic rings. The van der Waals surface area contributed by atoms with Crippen LogP contribution in [0.4, 0.5) is 11.4 Å². The number of nitrogens with one attached hydrogen (secondary N) is 1. The van der Waals surface area contributed by atoms with Crippen molar-refractivity contribution in [2.45, 2.75) is 6.61 Å². The highest BCUT2D eigenvalue weighted by molar-refractivity contribution is 7.80. The van der Waals surface area contributed by atoms with E-state index in [1.54, 1.807) is 19.2 Å². The number of nitrogens with two attached hydrogens (primary N) is 1. The minimum atomic E-state index is 0.305. The molecule has 0 aromatic heterocycles. The molecular weight excluding hydrogens is 292 g/mol. The lowest BCUT2D eigenvalue weighted by Gasteiger charge is -2.14. The van der Waals surface area contributed by atoms with Crippen molar-refractivity contribution in [1.82, 2.24) is 0 Å².